The van der Waals surface area contributed by atoms with E-state index < -0.39 is 0 Å². The molecule has 0 aliphatic rings. The van der Waals surface area contributed by atoms with Gasteiger partial charge in [0.1, 0.15) is 11.5 Å². The molecule has 5 heteroatoms. The molecule has 0 saturated heterocycles. The fraction of sp³-hybridized carbons (Fsp3) is 0.235. The fourth-order valence-electron chi connectivity index (χ4n) is 2.62. The molecular weight excluding hydrogens is 278 g/mol. The van der Waals surface area contributed by atoms with Gasteiger partial charge in [-0.15, -0.1) is 0 Å². The molecule has 114 valence electrons. The molecule has 1 heterocycles. The monoisotopic (exact) mass is 297 g/mol. The van der Waals surface area contributed by atoms with Crippen LogP contribution in [0.2, 0.25) is 0 Å². The van der Waals surface area contributed by atoms with Crippen molar-refractivity contribution in [2.24, 2.45) is 0 Å². The van der Waals surface area contributed by atoms with Gasteiger partial charge in [0.15, 0.2) is 0 Å². The molecule has 3 aromatic rings. The van der Waals surface area contributed by atoms with Crippen LogP contribution in [0.5, 0.6) is 11.5 Å². The number of rotatable bonds is 5. The quantitative estimate of drug-likeness (QED) is 0.756. The lowest BCUT2D eigenvalue weighted by molar-refractivity contribution is 0.386. The Balaban J connectivity index is 1.82. The lowest BCUT2D eigenvalue weighted by Gasteiger charge is -2.15. The SMILES string of the molecule is COc1ccc(CNc2ccc3cn[nH]c3c2)c(OC)c1C. The van der Waals surface area contributed by atoms with Crippen LogP contribution in [-0.2, 0) is 6.54 Å². The maximum Gasteiger partial charge on any atom is 0.130 e. The molecule has 5 nitrogen and oxygen atoms in total. The number of ether oxygens (including phenoxy) is 2. The minimum absolute atomic E-state index is 0.674. The molecule has 22 heavy (non-hydrogen) atoms. The molecule has 0 radical (unpaired) electrons. The Labute approximate surface area is 129 Å². The van der Waals surface area contributed by atoms with Crippen molar-refractivity contribution in [3.05, 3.63) is 47.7 Å². The molecular formula is C17H19N3O2. The second-order valence-electron chi connectivity index (χ2n) is 5.11. The molecule has 2 N–H and O–H groups in total. The van der Waals surface area contributed by atoms with Crippen molar-refractivity contribution >= 4 is 16.6 Å². The molecule has 1 aromatic heterocycles. The maximum absolute atomic E-state index is 5.53. The van der Waals surface area contributed by atoms with Crippen LogP contribution >= 0.6 is 0 Å². The highest BCUT2D eigenvalue weighted by Crippen LogP contribution is 2.31. The topological polar surface area (TPSA) is 59.2 Å². The van der Waals surface area contributed by atoms with Gasteiger partial charge in [-0.3, -0.25) is 5.10 Å². The lowest BCUT2D eigenvalue weighted by atomic mass is 10.1. The summed E-state index contributed by atoms with van der Waals surface area (Å²) in [7, 11) is 3.35. The number of benzene rings is 2. The number of nitrogens with zero attached hydrogens (tertiary/aromatic N) is 1. The predicted molar refractivity (Wildman–Crippen MR) is 87.7 cm³/mol. The summed E-state index contributed by atoms with van der Waals surface area (Å²) in [6.45, 7) is 2.67. The Hall–Kier alpha value is -2.69. The lowest BCUT2D eigenvalue weighted by Crippen LogP contribution is -2.03. The standard InChI is InChI=1S/C17H19N3O2/c1-11-16(21-2)7-5-13(17(11)22-3)9-18-14-6-4-12-10-19-20-15(12)8-14/h4-8,10,18H,9H2,1-3H3,(H,19,20). The van der Waals surface area contributed by atoms with Gasteiger partial charge in [0.25, 0.3) is 0 Å². The fourth-order valence-corrected chi connectivity index (χ4v) is 2.62. The summed E-state index contributed by atoms with van der Waals surface area (Å²) in [6, 6.07) is 10.1. The largest absolute Gasteiger partial charge is 0.496 e. The number of H-pyrrole nitrogens is 1. The van der Waals surface area contributed by atoms with Gasteiger partial charge in [-0.2, -0.15) is 5.10 Å². The second kappa shape index (κ2) is 5.97. The molecule has 0 aliphatic heterocycles. The van der Waals surface area contributed by atoms with E-state index >= 15 is 0 Å². The highest BCUT2D eigenvalue weighted by Gasteiger charge is 2.11. The number of methoxy groups -OCH3 is 2. The predicted octanol–water partition coefficient (Wildman–Crippen LogP) is 3.50. The summed E-state index contributed by atoms with van der Waals surface area (Å²) in [5.74, 6) is 1.69. The summed E-state index contributed by atoms with van der Waals surface area (Å²) >= 11 is 0. The van der Waals surface area contributed by atoms with E-state index in [2.05, 4.69) is 15.5 Å². The zero-order valence-electron chi connectivity index (χ0n) is 12.9. The van der Waals surface area contributed by atoms with Crippen molar-refractivity contribution < 1.29 is 9.47 Å². The van der Waals surface area contributed by atoms with Gasteiger partial charge >= 0.3 is 0 Å². The first-order valence-corrected chi connectivity index (χ1v) is 7.10. The molecule has 0 amide bonds. The zero-order valence-corrected chi connectivity index (χ0v) is 12.9. The molecule has 0 aliphatic carbocycles. The molecule has 0 unspecified atom stereocenters. The Bertz CT molecular complexity index is 796. The van der Waals surface area contributed by atoms with E-state index in [0.717, 1.165) is 39.2 Å². The first-order valence-electron chi connectivity index (χ1n) is 7.10. The van der Waals surface area contributed by atoms with Crippen molar-refractivity contribution in [1.29, 1.82) is 0 Å². The van der Waals surface area contributed by atoms with Crippen LogP contribution in [0, 0.1) is 6.92 Å². The molecule has 0 fully saturated rings. The summed E-state index contributed by atoms with van der Waals surface area (Å²) in [6.07, 6.45) is 1.81. The van der Waals surface area contributed by atoms with Crippen molar-refractivity contribution in [1.82, 2.24) is 10.2 Å². The minimum atomic E-state index is 0.674. The molecule has 0 spiro atoms. The average Bonchev–Trinajstić information content (AvgIpc) is 3.00. The van der Waals surface area contributed by atoms with E-state index in [9.17, 15) is 0 Å². The number of hydrogen-bond donors (Lipinski definition) is 2. The van der Waals surface area contributed by atoms with E-state index in [-0.39, 0.29) is 0 Å². The molecule has 0 atom stereocenters. The van der Waals surface area contributed by atoms with E-state index in [0.29, 0.717) is 6.54 Å². The summed E-state index contributed by atoms with van der Waals surface area (Å²) in [5.41, 5.74) is 4.15. The minimum Gasteiger partial charge on any atom is -0.496 e. The molecule has 0 saturated carbocycles. The third kappa shape index (κ3) is 2.57. The number of aromatic amines is 1. The summed E-state index contributed by atoms with van der Waals surface area (Å²) in [5, 5.41) is 11.5. The van der Waals surface area contributed by atoms with E-state index in [1.165, 1.54) is 0 Å². The molecule has 2 aromatic carbocycles. The normalized spacial score (nSPS) is 10.7. The van der Waals surface area contributed by atoms with Crippen LogP contribution in [0.15, 0.2) is 36.5 Å². The van der Waals surface area contributed by atoms with Crippen molar-refractivity contribution in [3.8, 4) is 11.5 Å². The number of aromatic nitrogens is 2. The van der Waals surface area contributed by atoms with Gasteiger partial charge < -0.3 is 14.8 Å². The first kappa shape index (κ1) is 14.3. The van der Waals surface area contributed by atoms with Gasteiger partial charge in [0.05, 0.1) is 25.9 Å². The van der Waals surface area contributed by atoms with Gasteiger partial charge in [-0.25, -0.2) is 0 Å². The van der Waals surface area contributed by atoms with E-state index in [1.807, 2.05) is 43.5 Å². The third-order valence-electron chi connectivity index (χ3n) is 3.79. The maximum atomic E-state index is 5.53. The average molecular weight is 297 g/mol. The number of hydrogen-bond acceptors (Lipinski definition) is 4. The van der Waals surface area contributed by atoms with Crippen LogP contribution in [0.3, 0.4) is 0 Å². The highest BCUT2D eigenvalue weighted by molar-refractivity contribution is 5.81. The zero-order chi connectivity index (χ0) is 15.5. The van der Waals surface area contributed by atoms with Crippen molar-refractivity contribution in [3.63, 3.8) is 0 Å². The Kier molecular flexibility index (Phi) is 3.87. The highest BCUT2D eigenvalue weighted by atomic mass is 16.5. The Morgan fingerprint density at radius 1 is 1.14 bits per heavy atom. The first-order chi connectivity index (χ1) is 10.7. The van der Waals surface area contributed by atoms with Crippen LogP contribution in [-0.4, -0.2) is 24.4 Å². The summed E-state index contributed by atoms with van der Waals surface area (Å²) in [4.78, 5) is 0. The Morgan fingerprint density at radius 3 is 2.77 bits per heavy atom. The van der Waals surface area contributed by atoms with Crippen LogP contribution in [0.25, 0.3) is 10.9 Å². The third-order valence-corrected chi connectivity index (χ3v) is 3.79. The summed E-state index contributed by atoms with van der Waals surface area (Å²) < 4.78 is 10.9. The number of anilines is 1. The van der Waals surface area contributed by atoms with Crippen molar-refractivity contribution in [2.75, 3.05) is 19.5 Å². The van der Waals surface area contributed by atoms with E-state index in [4.69, 9.17) is 9.47 Å². The smallest absolute Gasteiger partial charge is 0.130 e. The number of fused-ring (bicyclic) bond motifs is 1. The number of nitrogens with one attached hydrogen (secondary N) is 2. The van der Waals surface area contributed by atoms with Crippen LogP contribution in [0.1, 0.15) is 11.1 Å². The molecule has 0 bridgehead atoms. The van der Waals surface area contributed by atoms with Crippen molar-refractivity contribution in [2.45, 2.75) is 13.5 Å². The second-order valence-corrected chi connectivity index (χ2v) is 5.11. The van der Waals surface area contributed by atoms with Gasteiger partial charge in [0.2, 0.25) is 0 Å². The van der Waals surface area contributed by atoms with Gasteiger partial charge in [-0.1, -0.05) is 0 Å². The van der Waals surface area contributed by atoms with Gasteiger partial charge in [-0.05, 0) is 37.3 Å². The molecule has 3 rings (SSSR count). The Morgan fingerprint density at radius 2 is 2.00 bits per heavy atom. The van der Waals surface area contributed by atoms with E-state index in [1.54, 1.807) is 14.2 Å². The van der Waals surface area contributed by atoms with Gasteiger partial charge in [0, 0.05) is 28.7 Å². The van der Waals surface area contributed by atoms with Crippen LogP contribution < -0.4 is 14.8 Å². The van der Waals surface area contributed by atoms with Crippen LogP contribution in [0.4, 0.5) is 5.69 Å².